The molecule has 0 spiro atoms. The van der Waals surface area contributed by atoms with Gasteiger partial charge < -0.3 is 54.7 Å². The van der Waals surface area contributed by atoms with E-state index in [9.17, 15) is 35.7 Å². The highest BCUT2D eigenvalue weighted by atomic mass is 16.7. The normalized spacial score (nSPS) is 44.3. The summed E-state index contributed by atoms with van der Waals surface area (Å²) in [5.41, 5.74) is -1.47. The fourth-order valence-corrected chi connectivity index (χ4v) is 3.83. The second kappa shape index (κ2) is 9.79. The van der Waals surface area contributed by atoms with Crippen LogP contribution in [-0.4, -0.2) is 116 Å². The van der Waals surface area contributed by atoms with Gasteiger partial charge in [0.1, 0.15) is 30.5 Å². The molecule has 0 aromatic carbocycles. The molecule has 2 rings (SSSR count). The third-order valence-electron chi connectivity index (χ3n) is 5.22. The van der Waals surface area contributed by atoms with Crippen LogP contribution in [0.25, 0.3) is 0 Å². The van der Waals surface area contributed by atoms with Gasteiger partial charge in [0.05, 0.1) is 37.1 Å². The van der Waals surface area contributed by atoms with Crippen LogP contribution in [0.4, 0.5) is 0 Å². The Balaban J connectivity index is 2.17. The third-order valence-corrected chi connectivity index (χ3v) is 5.22. The zero-order valence-electron chi connectivity index (χ0n) is 17.0. The highest BCUT2D eigenvalue weighted by molar-refractivity contribution is 4.98. The average Bonchev–Trinajstić information content (AvgIpc) is 2.62. The van der Waals surface area contributed by atoms with Crippen molar-refractivity contribution in [2.45, 2.75) is 94.7 Å². The first kappa shape index (κ1) is 24.8. The van der Waals surface area contributed by atoms with Crippen molar-refractivity contribution in [3.05, 3.63) is 0 Å². The molecule has 0 aliphatic carbocycles. The number of hydrogen-bond acceptors (Lipinski definition) is 11. The Labute approximate surface area is 169 Å². The summed E-state index contributed by atoms with van der Waals surface area (Å²) in [5, 5.41) is 71.1. The number of ether oxygens (including phenoxy) is 4. The number of aliphatic hydroxyl groups excluding tert-OH is 6. The minimum atomic E-state index is -1.64. The predicted octanol–water partition coefficient (Wildman–Crippen LogP) is -2.94. The molecule has 0 saturated carbocycles. The van der Waals surface area contributed by atoms with Crippen molar-refractivity contribution in [3.8, 4) is 0 Å². The topological polar surface area (TPSA) is 179 Å². The molecular weight excluding hydrogens is 392 g/mol. The minimum Gasteiger partial charge on any atom is -0.394 e. The zero-order chi connectivity index (χ0) is 22.1. The summed E-state index contributed by atoms with van der Waals surface area (Å²) in [4.78, 5) is 0. The van der Waals surface area contributed by atoms with Crippen LogP contribution < -0.4 is 0 Å². The van der Waals surface area contributed by atoms with Crippen molar-refractivity contribution < 1.29 is 54.7 Å². The van der Waals surface area contributed by atoms with Crippen LogP contribution >= 0.6 is 0 Å². The lowest BCUT2D eigenvalue weighted by molar-refractivity contribution is -0.364. The molecule has 172 valence electrons. The lowest BCUT2D eigenvalue weighted by atomic mass is 9.78. The predicted molar refractivity (Wildman–Crippen MR) is 96.4 cm³/mol. The van der Waals surface area contributed by atoms with Crippen LogP contribution in [0, 0.1) is 5.92 Å². The Bertz CT molecular complexity index is 507. The maximum absolute atomic E-state index is 10.5. The Hall–Kier alpha value is -0.440. The first-order valence-electron chi connectivity index (χ1n) is 9.70. The van der Waals surface area contributed by atoms with Gasteiger partial charge in [-0.15, -0.1) is 0 Å². The summed E-state index contributed by atoms with van der Waals surface area (Å²) >= 11 is 0. The van der Waals surface area contributed by atoms with Gasteiger partial charge in [0.15, 0.2) is 12.6 Å². The molecule has 10 atom stereocenters. The van der Waals surface area contributed by atoms with Gasteiger partial charge in [0.2, 0.25) is 0 Å². The molecule has 1 unspecified atom stereocenters. The third kappa shape index (κ3) is 5.43. The van der Waals surface area contributed by atoms with Gasteiger partial charge in [-0.2, -0.15) is 0 Å². The standard InChI is InChI=1S/C18H34O11/c1-7(2)26-16-14(24)12(22)15(9(6-20)28-16)29-17-13(23)11(21)10(18(3,4)25)8(5-19)27-17/h7-17,19-25H,5-6H2,1-4H3/t8-,9-,10?,11+,12-,13-,14-,15-,16+,17-/m1/s1. The van der Waals surface area contributed by atoms with Crippen molar-refractivity contribution >= 4 is 0 Å². The quantitative estimate of drug-likeness (QED) is 0.221. The molecular formula is C18H34O11. The molecule has 29 heavy (non-hydrogen) atoms. The molecule has 7 N–H and O–H groups in total. The highest BCUT2D eigenvalue weighted by Gasteiger charge is 2.53. The molecule has 0 amide bonds. The van der Waals surface area contributed by atoms with E-state index in [0.717, 1.165) is 0 Å². The van der Waals surface area contributed by atoms with E-state index in [0.29, 0.717) is 0 Å². The van der Waals surface area contributed by atoms with Crippen molar-refractivity contribution in [2.75, 3.05) is 13.2 Å². The van der Waals surface area contributed by atoms with E-state index in [1.54, 1.807) is 13.8 Å². The number of rotatable bonds is 7. The smallest absolute Gasteiger partial charge is 0.187 e. The Morgan fingerprint density at radius 3 is 1.83 bits per heavy atom. The summed E-state index contributed by atoms with van der Waals surface area (Å²) in [6.45, 7) is 5.08. The molecule has 0 bridgehead atoms. The number of aliphatic hydroxyl groups is 7. The van der Waals surface area contributed by atoms with Crippen molar-refractivity contribution in [2.24, 2.45) is 5.92 Å². The maximum Gasteiger partial charge on any atom is 0.187 e. The second-order valence-corrected chi connectivity index (χ2v) is 8.38. The SMILES string of the molecule is CC(C)O[C@H]1O[C@H](CO)[C@@H](O[C@H]2O[C@H](CO)C(C(C)(C)O)[C@H](O)[C@H]2O)[C@H](O)[C@H]1O. The summed E-state index contributed by atoms with van der Waals surface area (Å²) in [7, 11) is 0. The summed E-state index contributed by atoms with van der Waals surface area (Å²) in [6.07, 6.45) is -12.8. The molecule has 2 aliphatic rings. The minimum absolute atomic E-state index is 0.318. The van der Waals surface area contributed by atoms with Gasteiger partial charge in [0, 0.05) is 5.92 Å². The molecule has 2 heterocycles. The first-order valence-corrected chi connectivity index (χ1v) is 9.70. The molecule has 0 radical (unpaired) electrons. The largest absolute Gasteiger partial charge is 0.394 e. The van der Waals surface area contributed by atoms with Crippen LogP contribution in [0.2, 0.25) is 0 Å². The molecule has 11 heteroatoms. The zero-order valence-corrected chi connectivity index (χ0v) is 17.0. The maximum atomic E-state index is 10.5. The van der Waals surface area contributed by atoms with Crippen LogP contribution in [0.3, 0.4) is 0 Å². The monoisotopic (exact) mass is 426 g/mol. The second-order valence-electron chi connectivity index (χ2n) is 8.38. The molecule has 0 aromatic heterocycles. The van der Waals surface area contributed by atoms with E-state index in [1.165, 1.54) is 13.8 Å². The lowest BCUT2D eigenvalue weighted by Crippen LogP contribution is -2.65. The summed E-state index contributed by atoms with van der Waals surface area (Å²) in [5.74, 6) is -1.02. The van der Waals surface area contributed by atoms with Gasteiger partial charge >= 0.3 is 0 Å². The Morgan fingerprint density at radius 1 is 0.828 bits per heavy atom. The van der Waals surface area contributed by atoms with Gasteiger partial charge in [-0.1, -0.05) is 0 Å². The number of hydrogen-bond donors (Lipinski definition) is 7. The molecule has 2 aliphatic heterocycles. The van der Waals surface area contributed by atoms with Crippen molar-refractivity contribution in [1.82, 2.24) is 0 Å². The van der Waals surface area contributed by atoms with Crippen LogP contribution in [0.1, 0.15) is 27.7 Å². The average molecular weight is 426 g/mol. The fourth-order valence-electron chi connectivity index (χ4n) is 3.83. The first-order chi connectivity index (χ1) is 13.4. The van der Waals surface area contributed by atoms with Crippen LogP contribution in [0.15, 0.2) is 0 Å². The molecule has 2 saturated heterocycles. The van der Waals surface area contributed by atoms with E-state index in [2.05, 4.69) is 0 Å². The summed E-state index contributed by atoms with van der Waals surface area (Å²) in [6, 6.07) is 0. The van der Waals surface area contributed by atoms with E-state index in [1.807, 2.05) is 0 Å². The van der Waals surface area contributed by atoms with Gasteiger partial charge in [-0.3, -0.25) is 0 Å². The van der Waals surface area contributed by atoms with Gasteiger partial charge in [-0.25, -0.2) is 0 Å². The lowest BCUT2D eigenvalue weighted by Gasteiger charge is -2.49. The molecule has 2 fully saturated rings. The van der Waals surface area contributed by atoms with Gasteiger partial charge in [0.25, 0.3) is 0 Å². The van der Waals surface area contributed by atoms with E-state index in [4.69, 9.17) is 18.9 Å². The Morgan fingerprint density at radius 2 is 1.34 bits per heavy atom. The fraction of sp³-hybridized carbons (Fsp3) is 1.00. The van der Waals surface area contributed by atoms with Crippen molar-refractivity contribution in [3.63, 3.8) is 0 Å². The van der Waals surface area contributed by atoms with Crippen LogP contribution in [0.5, 0.6) is 0 Å². The van der Waals surface area contributed by atoms with Gasteiger partial charge in [-0.05, 0) is 27.7 Å². The molecule has 11 nitrogen and oxygen atoms in total. The summed E-state index contributed by atoms with van der Waals surface area (Å²) < 4.78 is 22.0. The highest BCUT2D eigenvalue weighted by Crippen LogP contribution is 2.36. The van der Waals surface area contributed by atoms with Crippen molar-refractivity contribution in [1.29, 1.82) is 0 Å². The van der Waals surface area contributed by atoms with E-state index < -0.39 is 80.0 Å². The van der Waals surface area contributed by atoms with E-state index >= 15 is 0 Å². The Kier molecular flexibility index (Phi) is 8.38. The van der Waals surface area contributed by atoms with E-state index in [-0.39, 0.29) is 6.10 Å². The van der Waals surface area contributed by atoms with Crippen LogP contribution in [-0.2, 0) is 18.9 Å². The molecule has 0 aromatic rings.